The summed E-state index contributed by atoms with van der Waals surface area (Å²) in [7, 11) is 0. The molecule has 0 bridgehead atoms. The van der Waals surface area contributed by atoms with E-state index in [1.54, 1.807) is 0 Å². The maximum Gasteiger partial charge on any atom is 0.407 e. The van der Waals surface area contributed by atoms with Crippen molar-refractivity contribution in [2.45, 2.75) is 32.8 Å². The first-order chi connectivity index (χ1) is 7.33. The molecule has 0 spiro atoms. The van der Waals surface area contributed by atoms with Gasteiger partial charge in [0, 0.05) is 12.5 Å². The average Bonchev–Trinajstić information content (AvgIpc) is 2.90. The van der Waals surface area contributed by atoms with Gasteiger partial charge in [0.05, 0.1) is 0 Å². The molecule has 0 aromatic carbocycles. The first-order valence-electron chi connectivity index (χ1n) is 5.46. The van der Waals surface area contributed by atoms with Crippen molar-refractivity contribution in [1.82, 2.24) is 5.32 Å². The van der Waals surface area contributed by atoms with Gasteiger partial charge in [0.15, 0.2) is 5.78 Å². The molecule has 90 valence electrons. The molecule has 0 radical (unpaired) electrons. The monoisotopic (exact) mass is 225 g/mol. The van der Waals surface area contributed by atoms with Gasteiger partial charge in [0.1, 0.15) is 5.60 Å². The van der Waals surface area contributed by atoms with E-state index in [9.17, 15) is 9.59 Å². The predicted molar refractivity (Wildman–Crippen MR) is 61.0 cm³/mol. The number of rotatable bonds is 4. The largest absolute Gasteiger partial charge is 0.444 e. The van der Waals surface area contributed by atoms with Gasteiger partial charge in [0.2, 0.25) is 0 Å². The van der Waals surface area contributed by atoms with E-state index < -0.39 is 11.7 Å². The van der Waals surface area contributed by atoms with Crippen LogP contribution in [0.25, 0.3) is 0 Å². The number of amides is 1. The third-order valence-electron chi connectivity index (χ3n) is 2.40. The Morgan fingerprint density at radius 1 is 1.50 bits per heavy atom. The highest BCUT2D eigenvalue weighted by Crippen LogP contribution is 2.38. The summed E-state index contributed by atoms with van der Waals surface area (Å²) in [5, 5.41) is 2.66. The number of hydrogen-bond acceptors (Lipinski definition) is 3. The number of nitrogens with one attached hydrogen (secondary N) is 1. The number of ether oxygens (including phenoxy) is 1. The van der Waals surface area contributed by atoms with Crippen LogP contribution in [0.3, 0.4) is 0 Å². The van der Waals surface area contributed by atoms with Crippen LogP contribution in [-0.4, -0.2) is 24.0 Å². The lowest BCUT2D eigenvalue weighted by Crippen LogP contribution is -2.33. The average molecular weight is 225 g/mol. The second-order valence-corrected chi connectivity index (χ2v) is 5.09. The van der Waals surface area contributed by atoms with Crippen molar-refractivity contribution in [2.75, 3.05) is 6.54 Å². The van der Waals surface area contributed by atoms with E-state index in [-0.39, 0.29) is 17.6 Å². The fraction of sp³-hybridized carbons (Fsp3) is 0.667. The molecule has 0 aromatic rings. The molecule has 16 heavy (non-hydrogen) atoms. The van der Waals surface area contributed by atoms with Gasteiger partial charge < -0.3 is 10.1 Å². The van der Waals surface area contributed by atoms with Crippen LogP contribution in [0, 0.1) is 11.8 Å². The minimum Gasteiger partial charge on any atom is -0.444 e. The molecule has 1 saturated carbocycles. The molecule has 1 rings (SSSR count). The lowest BCUT2D eigenvalue weighted by molar-refractivity contribution is -0.116. The number of alkyl carbamates (subject to hydrolysis) is 1. The molecule has 0 unspecified atom stereocenters. The van der Waals surface area contributed by atoms with Gasteiger partial charge >= 0.3 is 6.09 Å². The summed E-state index contributed by atoms with van der Waals surface area (Å²) >= 11 is 0. The van der Waals surface area contributed by atoms with Crippen molar-refractivity contribution in [2.24, 2.45) is 11.8 Å². The third-order valence-corrected chi connectivity index (χ3v) is 2.40. The van der Waals surface area contributed by atoms with Crippen LogP contribution in [0.15, 0.2) is 12.7 Å². The van der Waals surface area contributed by atoms with E-state index in [1.807, 2.05) is 20.8 Å². The van der Waals surface area contributed by atoms with E-state index in [4.69, 9.17) is 4.74 Å². The summed E-state index contributed by atoms with van der Waals surface area (Å²) < 4.78 is 5.08. The van der Waals surface area contributed by atoms with Crippen molar-refractivity contribution in [1.29, 1.82) is 0 Å². The molecule has 0 heterocycles. The van der Waals surface area contributed by atoms with Gasteiger partial charge in [-0.3, -0.25) is 4.79 Å². The molecule has 0 saturated heterocycles. The summed E-state index contributed by atoms with van der Waals surface area (Å²) in [5.41, 5.74) is -0.482. The molecular formula is C12H19NO3. The summed E-state index contributed by atoms with van der Waals surface area (Å²) in [5.74, 6) is 0.362. The molecule has 1 aliphatic carbocycles. The van der Waals surface area contributed by atoms with Gasteiger partial charge in [-0.1, -0.05) is 6.58 Å². The molecule has 1 aliphatic rings. The van der Waals surface area contributed by atoms with Crippen LogP contribution in [0.2, 0.25) is 0 Å². The highest BCUT2D eigenvalue weighted by atomic mass is 16.6. The lowest BCUT2D eigenvalue weighted by atomic mass is 10.2. The van der Waals surface area contributed by atoms with E-state index in [0.717, 1.165) is 6.42 Å². The lowest BCUT2D eigenvalue weighted by Gasteiger charge is -2.19. The summed E-state index contributed by atoms with van der Waals surface area (Å²) in [6, 6.07) is 0. The number of ketones is 1. The Morgan fingerprint density at radius 2 is 2.12 bits per heavy atom. The molecule has 0 aromatic heterocycles. The zero-order chi connectivity index (χ0) is 12.3. The van der Waals surface area contributed by atoms with Crippen LogP contribution in [0.5, 0.6) is 0 Å². The third kappa shape index (κ3) is 4.04. The van der Waals surface area contributed by atoms with Gasteiger partial charge in [-0.25, -0.2) is 4.79 Å². The van der Waals surface area contributed by atoms with Crippen molar-refractivity contribution >= 4 is 11.9 Å². The Morgan fingerprint density at radius 3 is 2.62 bits per heavy atom. The Labute approximate surface area is 96.0 Å². The van der Waals surface area contributed by atoms with Gasteiger partial charge in [-0.15, -0.1) is 0 Å². The number of allylic oxidation sites excluding steroid dienone is 1. The Bertz CT molecular complexity index is 304. The van der Waals surface area contributed by atoms with Crippen molar-refractivity contribution in [3.63, 3.8) is 0 Å². The Kier molecular flexibility index (Phi) is 3.73. The molecule has 1 N–H and O–H groups in total. The standard InChI is InChI=1S/C12H19NO3/c1-5-10(14)9-6-8(9)7-13-11(15)16-12(2,3)4/h5,8-9H,1,6-7H2,2-4H3,(H,13,15)/t8-,9-/m0/s1. The molecule has 0 aliphatic heterocycles. The maximum atomic E-state index is 11.3. The van der Waals surface area contributed by atoms with Crippen LogP contribution in [-0.2, 0) is 9.53 Å². The molecule has 2 atom stereocenters. The molecule has 4 nitrogen and oxygen atoms in total. The van der Waals surface area contributed by atoms with E-state index in [2.05, 4.69) is 11.9 Å². The summed E-state index contributed by atoms with van der Waals surface area (Å²) in [6.45, 7) is 9.38. The van der Waals surface area contributed by atoms with E-state index in [1.165, 1.54) is 6.08 Å². The van der Waals surface area contributed by atoms with Crippen molar-refractivity contribution in [3.05, 3.63) is 12.7 Å². The highest BCUT2D eigenvalue weighted by molar-refractivity contribution is 5.93. The minimum atomic E-state index is -0.482. The number of carbonyl (C=O) groups is 2. The van der Waals surface area contributed by atoms with E-state index >= 15 is 0 Å². The predicted octanol–water partition coefficient (Wildman–Crippen LogP) is 1.90. The fourth-order valence-electron chi connectivity index (χ4n) is 1.50. The quantitative estimate of drug-likeness (QED) is 0.743. The second-order valence-electron chi connectivity index (χ2n) is 5.09. The van der Waals surface area contributed by atoms with Crippen molar-refractivity contribution in [3.8, 4) is 0 Å². The second kappa shape index (κ2) is 4.68. The van der Waals surface area contributed by atoms with E-state index in [0.29, 0.717) is 6.54 Å². The van der Waals surface area contributed by atoms with Gasteiger partial charge in [-0.2, -0.15) is 0 Å². The van der Waals surface area contributed by atoms with Crippen LogP contribution in [0.1, 0.15) is 27.2 Å². The summed E-state index contributed by atoms with van der Waals surface area (Å²) in [6.07, 6.45) is 1.75. The topological polar surface area (TPSA) is 55.4 Å². The van der Waals surface area contributed by atoms with Crippen LogP contribution >= 0.6 is 0 Å². The van der Waals surface area contributed by atoms with Gasteiger partial charge in [-0.05, 0) is 39.2 Å². The summed E-state index contributed by atoms with van der Waals surface area (Å²) in [4.78, 5) is 22.5. The molecule has 4 heteroatoms. The molecule has 1 amide bonds. The first kappa shape index (κ1) is 12.7. The zero-order valence-corrected chi connectivity index (χ0v) is 10.1. The van der Waals surface area contributed by atoms with Crippen LogP contribution < -0.4 is 5.32 Å². The number of hydrogen-bond donors (Lipinski definition) is 1. The SMILES string of the molecule is C=CC(=O)[C@H]1C[C@H]1CNC(=O)OC(C)(C)C. The first-order valence-corrected chi connectivity index (χ1v) is 5.46. The fourth-order valence-corrected chi connectivity index (χ4v) is 1.50. The normalized spacial score (nSPS) is 23.4. The minimum absolute atomic E-state index is 0.0486. The Balaban J connectivity index is 2.20. The number of carbonyl (C=O) groups excluding carboxylic acids is 2. The Hall–Kier alpha value is -1.32. The maximum absolute atomic E-state index is 11.3. The van der Waals surface area contributed by atoms with Crippen LogP contribution in [0.4, 0.5) is 4.79 Å². The zero-order valence-electron chi connectivity index (χ0n) is 10.1. The highest BCUT2D eigenvalue weighted by Gasteiger charge is 2.41. The molecular weight excluding hydrogens is 206 g/mol. The van der Waals surface area contributed by atoms with Crippen molar-refractivity contribution < 1.29 is 14.3 Å². The molecule has 1 fully saturated rings. The smallest absolute Gasteiger partial charge is 0.407 e. The van der Waals surface area contributed by atoms with Gasteiger partial charge in [0.25, 0.3) is 0 Å².